The number of halogens is 2. The lowest BCUT2D eigenvalue weighted by molar-refractivity contribution is 0.207. The monoisotopic (exact) mass is 330 g/mol. The third-order valence-corrected chi connectivity index (χ3v) is 3.47. The fourth-order valence-electron chi connectivity index (χ4n) is 1.92. The minimum atomic E-state index is -0.558. The van der Waals surface area contributed by atoms with Gasteiger partial charge in [0.25, 0.3) is 0 Å². The highest BCUT2D eigenvalue weighted by Gasteiger charge is 2.28. The van der Waals surface area contributed by atoms with Crippen LogP contribution in [-0.2, 0) is 0 Å². The first-order chi connectivity index (χ1) is 10.3. The molecule has 0 aliphatic carbocycles. The van der Waals surface area contributed by atoms with Crippen molar-refractivity contribution in [3.63, 3.8) is 0 Å². The van der Waals surface area contributed by atoms with E-state index in [1.165, 1.54) is 0 Å². The third kappa shape index (κ3) is 4.19. The highest BCUT2D eigenvalue weighted by atomic mass is 35.5. The quantitative estimate of drug-likeness (QED) is 0.605. The van der Waals surface area contributed by atoms with Gasteiger partial charge in [0, 0.05) is 6.20 Å². The lowest BCUT2D eigenvalue weighted by atomic mass is 9.86. The molecule has 0 saturated heterocycles. The summed E-state index contributed by atoms with van der Waals surface area (Å²) in [6.07, 6.45) is 2.79. The van der Waals surface area contributed by atoms with Gasteiger partial charge in [0.2, 0.25) is 5.28 Å². The molecule has 1 aromatic heterocycles. The van der Waals surface area contributed by atoms with Crippen molar-refractivity contribution >= 4 is 17.4 Å². The first-order valence-electron chi connectivity index (χ1n) is 6.84. The van der Waals surface area contributed by atoms with Crippen molar-refractivity contribution in [2.75, 3.05) is 18.5 Å². The van der Waals surface area contributed by atoms with Crippen molar-refractivity contribution < 1.29 is 9.50 Å². The molecule has 22 heavy (non-hydrogen) atoms. The largest absolute Gasteiger partial charge is 0.390 e. The number of aromatic nitrogens is 2. The Morgan fingerprint density at radius 3 is 2.82 bits per heavy atom. The maximum absolute atomic E-state index is 13.8. The maximum atomic E-state index is 13.8. The number of nitrogens with zero attached hydrogens (tertiary/aromatic N) is 3. The van der Waals surface area contributed by atoms with Gasteiger partial charge in [0.1, 0.15) is 0 Å². The second-order valence-corrected chi connectivity index (χ2v) is 6.44. The Balaban J connectivity index is 2.14. The molecule has 0 aromatic carbocycles. The van der Waals surface area contributed by atoms with Crippen LogP contribution < -0.4 is 16.3 Å². The molecule has 7 nitrogen and oxygen atoms in total. The van der Waals surface area contributed by atoms with Crippen LogP contribution in [0.4, 0.5) is 10.2 Å². The summed E-state index contributed by atoms with van der Waals surface area (Å²) in [5, 5.41) is 13.9. The highest BCUT2D eigenvalue weighted by molar-refractivity contribution is 6.28. The zero-order valence-corrected chi connectivity index (χ0v) is 13.4. The Labute approximate surface area is 133 Å². The van der Waals surface area contributed by atoms with Gasteiger partial charge < -0.3 is 15.8 Å². The van der Waals surface area contributed by atoms with Crippen molar-refractivity contribution in [1.82, 2.24) is 25.9 Å². The Morgan fingerprint density at radius 1 is 1.50 bits per heavy atom. The number of hydrogen-bond acceptors (Lipinski definition) is 7. The molecule has 9 heteroatoms. The van der Waals surface area contributed by atoms with Crippen LogP contribution in [0.25, 0.3) is 0 Å². The van der Waals surface area contributed by atoms with Crippen molar-refractivity contribution in [3.05, 3.63) is 29.2 Å². The molecule has 1 atom stereocenters. The Hall–Kier alpha value is -1.64. The average molecular weight is 331 g/mol. The van der Waals surface area contributed by atoms with Gasteiger partial charge >= 0.3 is 0 Å². The molecular formula is C13H20ClFN6O. The Bertz CT molecular complexity index is 562. The Morgan fingerprint density at radius 2 is 2.23 bits per heavy atom. The van der Waals surface area contributed by atoms with E-state index in [4.69, 9.17) is 16.7 Å². The predicted molar refractivity (Wildman–Crippen MR) is 82.0 cm³/mol. The van der Waals surface area contributed by atoms with Gasteiger partial charge in [-0.3, -0.25) is 5.01 Å². The summed E-state index contributed by atoms with van der Waals surface area (Å²) in [4.78, 5) is 7.49. The molecule has 1 aliphatic heterocycles. The summed E-state index contributed by atoms with van der Waals surface area (Å²) in [6.45, 7) is 6.52. The molecular weight excluding hydrogens is 311 g/mol. The molecule has 2 heterocycles. The number of hydrazine groups is 2. The summed E-state index contributed by atoms with van der Waals surface area (Å²) in [6, 6.07) is -0.142. The van der Waals surface area contributed by atoms with E-state index >= 15 is 0 Å². The van der Waals surface area contributed by atoms with Crippen molar-refractivity contribution in [3.8, 4) is 0 Å². The molecule has 2 rings (SSSR count). The summed E-state index contributed by atoms with van der Waals surface area (Å²) >= 11 is 5.72. The van der Waals surface area contributed by atoms with E-state index in [0.29, 0.717) is 12.2 Å². The molecule has 1 aliphatic rings. The lowest BCUT2D eigenvalue weighted by Crippen LogP contribution is -2.48. The molecule has 1 aromatic rings. The van der Waals surface area contributed by atoms with Crippen LogP contribution in [0.1, 0.15) is 20.8 Å². The van der Waals surface area contributed by atoms with Crippen LogP contribution in [0.5, 0.6) is 0 Å². The van der Waals surface area contributed by atoms with E-state index in [1.54, 1.807) is 11.2 Å². The van der Waals surface area contributed by atoms with Gasteiger partial charge in [0.15, 0.2) is 11.6 Å². The van der Waals surface area contributed by atoms with E-state index in [9.17, 15) is 4.39 Å². The van der Waals surface area contributed by atoms with Gasteiger partial charge in [-0.25, -0.2) is 9.37 Å². The van der Waals surface area contributed by atoms with Crippen LogP contribution in [0, 0.1) is 11.2 Å². The van der Waals surface area contributed by atoms with E-state index in [0.717, 1.165) is 6.20 Å². The molecule has 0 saturated carbocycles. The van der Waals surface area contributed by atoms with E-state index < -0.39 is 5.82 Å². The number of hydrogen-bond donors (Lipinski definition) is 4. The SMILES string of the molecule is CC(C)(C)C(CN1C=C(CO)NN1)Nc1nc(Cl)ncc1F. The fraction of sp³-hybridized carbons (Fsp3) is 0.538. The van der Waals surface area contributed by atoms with Crippen LogP contribution in [0.3, 0.4) is 0 Å². The van der Waals surface area contributed by atoms with Crippen LogP contribution in [-0.4, -0.2) is 39.3 Å². The van der Waals surface area contributed by atoms with E-state index in [-0.39, 0.29) is 29.2 Å². The van der Waals surface area contributed by atoms with Crippen molar-refractivity contribution in [1.29, 1.82) is 0 Å². The second kappa shape index (κ2) is 6.64. The molecule has 0 bridgehead atoms. The number of aliphatic hydroxyl groups is 1. The number of anilines is 1. The Kier molecular flexibility index (Phi) is 5.05. The minimum absolute atomic E-state index is 0.0139. The van der Waals surface area contributed by atoms with E-state index in [1.807, 2.05) is 20.8 Å². The fourth-order valence-corrected chi connectivity index (χ4v) is 2.05. The second-order valence-electron chi connectivity index (χ2n) is 6.10. The van der Waals surface area contributed by atoms with E-state index in [2.05, 4.69) is 26.2 Å². The topological polar surface area (TPSA) is 85.3 Å². The van der Waals surface area contributed by atoms with Crippen molar-refractivity contribution in [2.24, 2.45) is 5.41 Å². The summed E-state index contributed by atoms with van der Waals surface area (Å²) in [5.41, 5.74) is 6.22. The van der Waals surface area contributed by atoms with Crippen molar-refractivity contribution in [2.45, 2.75) is 26.8 Å². The van der Waals surface area contributed by atoms with Crippen LogP contribution in [0.2, 0.25) is 5.28 Å². The predicted octanol–water partition coefficient (Wildman–Crippen LogP) is 1.25. The number of rotatable bonds is 5. The lowest BCUT2D eigenvalue weighted by Gasteiger charge is -2.34. The molecule has 0 radical (unpaired) electrons. The summed E-state index contributed by atoms with van der Waals surface area (Å²) in [5.74, 6) is -0.490. The smallest absolute Gasteiger partial charge is 0.224 e. The molecule has 0 spiro atoms. The summed E-state index contributed by atoms with van der Waals surface area (Å²) < 4.78 is 13.8. The van der Waals surface area contributed by atoms with Gasteiger partial charge in [-0.1, -0.05) is 20.8 Å². The average Bonchev–Trinajstić information content (AvgIpc) is 2.89. The molecule has 0 amide bonds. The van der Waals surface area contributed by atoms with Gasteiger partial charge in [-0.15, -0.1) is 5.53 Å². The van der Waals surface area contributed by atoms with Crippen LogP contribution in [0.15, 0.2) is 18.1 Å². The summed E-state index contributed by atoms with van der Waals surface area (Å²) in [7, 11) is 0. The minimum Gasteiger partial charge on any atom is -0.390 e. The number of aliphatic hydroxyl groups excluding tert-OH is 1. The first kappa shape index (κ1) is 16.7. The first-order valence-corrected chi connectivity index (χ1v) is 7.22. The highest BCUT2D eigenvalue weighted by Crippen LogP contribution is 2.25. The molecule has 4 N–H and O–H groups in total. The zero-order chi connectivity index (χ0) is 16.3. The molecule has 0 fully saturated rings. The molecule has 1 unspecified atom stereocenters. The maximum Gasteiger partial charge on any atom is 0.224 e. The van der Waals surface area contributed by atoms with Crippen LogP contribution >= 0.6 is 11.6 Å². The third-order valence-electron chi connectivity index (χ3n) is 3.29. The zero-order valence-electron chi connectivity index (χ0n) is 12.7. The normalized spacial score (nSPS) is 16.3. The van der Waals surface area contributed by atoms with Gasteiger partial charge in [-0.2, -0.15) is 4.98 Å². The van der Waals surface area contributed by atoms with Gasteiger partial charge in [0.05, 0.1) is 31.1 Å². The number of nitrogens with one attached hydrogen (secondary N) is 3. The molecule has 122 valence electrons. The standard InChI is InChI=1S/C13H20ClFN6O/c1-13(2,3)10(6-21-5-8(7-22)19-20-21)17-11-9(15)4-16-12(14)18-11/h4-5,10,19-20,22H,6-7H2,1-3H3,(H,16,17,18). The van der Waals surface area contributed by atoms with Gasteiger partial charge in [-0.05, 0) is 17.0 Å².